The van der Waals surface area contributed by atoms with E-state index in [9.17, 15) is 24.3 Å². The monoisotopic (exact) mass is 1140 g/mol. The van der Waals surface area contributed by atoms with Gasteiger partial charge in [-0.05, 0) is 115 Å². The van der Waals surface area contributed by atoms with Gasteiger partial charge in [-0.1, -0.05) is 162 Å². The number of hydrogen-bond acceptors (Lipinski definition) is 12. The number of esters is 4. The molecule has 2 heterocycles. The third-order valence-corrected chi connectivity index (χ3v) is 29.3. The Morgan fingerprint density at radius 3 is 1.39 bits per heavy atom. The number of ether oxygens (including phenoxy) is 4. The van der Waals surface area contributed by atoms with E-state index in [-0.39, 0.29) is 59.1 Å². The first kappa shape index (κ1) is 68.2. The molecule has 0 aliphatic carbocycles. The van der Waals surface area contributed by atoms with Crippen LogP contribution in [0.2, 0.25) is 54.4 Å². The van der Waals surface area contributed by atoms with Crippen LogP contribution in [0.1, 0.15) is 147 Å². The molecule has 2 aromatic rings. The van der Waals surface area contributed by atoms with Crippen molar-refractivity contribution in [2.75, 3.05) is 13.2 Å². The molecule has 15 heteroatoms. The maximum Gasteiger partial charge on any atom is 0.342 e. The number of hydrogen-bond donors (Lipinski definition) is 1. The fraction of sp³-hybridized carbons (Fsp3) is 0.562. The molecule has 12 nitrogen and oxygen atoms in total. The van der Waals surface area contributed by atoms with Crippen molar-refractivity contribution in [3.05, 3.63) is 133 Å². The van der Waals surface area contributed by atoms with Crippen molar-refractivity contribution in [2.24, 2.45) is 11.8 Å². The summed E-state index contributed by atoms with van der Waals surface area (Å²) in [6, 6.07) is 11.5. The number of aliphatic hydroxyl groups excluding tert-OH is 1. The SMILES string of the molecule is C=CCOC(=O)/C=C/CC1C[C@@H](O)[C@@H](C)C/C=C/Cc2cccc(O[Si](C)(C)C(C)(C)C)c2C(=O)O1.C=CCOC(=O)/C=C/CC1C[C@@H](O[Si](C)(C)C(C)(C)C)[C@@H](C)C/C=C/Cc2cccc(O[Si](C)(C)C(C)(C)C)c2C(=O)O1. The van der Waals surface area contributed by atoms with E-state index in [1.807, 2.05) is 49.4 Å². The number of carbonyl (C=O) groups excluding carboxylic acids is 4. The Balaban J connectivity index is 0.000000422. The lowest BCUT2D eigenvalue weighted by Gasteiger charge is -2.41. The van der Waals surface area contributed by atoms with Crippen molar-refractivity contribution in [1.29, 1.82) is 0 Å². The van der Waals surface area contributed by atoms with Gasteiger partial charge in [-0.3, -0.25) is 0 Å². The number of fused-ring (bicyclic) bond motifs is 2. The normalized spacial score (nSPS) is 22.1. The van der Waals surface area contributed by atoms with Crippen LogP contribution in [0.3, 0.4) is 0 Å². The van der Waals surface area contributed by atoms with E-state index in [0.717, 1.165) is 17.5 Å². The lowest BCUT2D eigenvalue weighted by atomic mass is 9.93. The molecule has 0 aromatic heterocycles. The molecule has 6 atom stereocenters. The number of cyclic esters (lactones) is 2. The smallest absolute Gasteiger partial charge is 0.342 e. The van der Waals surface area contributed by atoms with Crippen LogP contribution in [0, 0.1) is 11.8 Å². The van der Waals surface area contributed by atoms with Crippen LogP contribution in [0.4, 0.5) is 0 Å². The van der Waals surface area contributed by atoms with Gasteiger partial charge >= 0.3 is 23.9 Å². The second-order valence-electron chi connectivity index (χ2n) is 25.7. The molecular formula is C64H98O12Si3. The highest BCUT2D eigenvalue weighted by Crippen LogP contribution is 2.42. The van der Waals surface area contributed by atoms with Crippen molar-refractivity contribution in [2.45, 2.75) is 206 Å². The van der Waals surface area contributed by atoms with Gasteiger partial charge in [0.25, 0.3) is 16.6 Å². The maximum atomic E-state index is 14.1. The van der Waals surface area contributed by atoms with Crippen molar-refractivity contribution in [3.63, 3.8) is 0 Å². The fourth-order valence-corrected chi connectivity index (χ4v) is 11.4. The summed E-state index contributed by atoms with van der Waals surface area (Å²) in [5.74, 6) is -0.539. The van der Waals surface area contributed by atoms with Gasteiger partial charge < -0.3 is 37.3 Å². The molecule has 0 spiro atoms. The molecule has 0 fully saturated rings. The van der Waals surface area contributed by atoms with Gasteiger partial charge in [0.15, 0.2) is 8.32 Å². The summed E-state index contributed by atoms with van der Waals surface area (Å²) in [5.41, 5.74) is 2.62. The van der Waals surface area contributed by atoms with E-state index < -0.39 is 67.1 Å². The predicted molar refractivity (Wildman–Crippen MR) is 327 cm³/mol. The summed E-state index contributed by atoms with van der Waals surface area (Å²) >= 11 is 0. The summed E-state index contributed by atoms with van der Waals surface area (Å²) in [6.45, 7) is 44.4. The van der Waals surface area contributed by atoms with Gasteiger partial charge in [-0.2, -0.15) is 0 Å². The minimum Gasteiger partial charge on any atom is -0.543 e. The van der Waals surface area contributed by atoms with Crippen LogP contribution in [0.5, 0.6) is 11.5 Å². The molecule has 0 amide bonds. The first-order valence-corrected chi connectivity index (χ1v) is 36.9. The van der Waals surface area contributed by atoms with Crippen molar-refractivity contribution in [1.82, 2.24) is 0 Å². The summed E-state index contributed by atoms with van der Waals surface area (Å²) in [7, 11) is -6.59. The van der Waals surface area contributed by atoms with Gasteiger partial charge in [-0.25, -0.2) is 19.2 Å². The van der Waals surface area contributed by atoms with Crippen LogP contribution >= 0.6 is 0 Å². The van der Waals surface area contributed by atoms with E-state index in [0.29, 0.717) is 54.7 Å². The van der Waals surface area contributed by atoms with E-state index >= 15 is 0 Å². The standard InChI is InChI=1S/C35H56O6Si2.C29H42O6Si/c1-13-24-38-31(36)23-17-21-28-25-30(41-43(11,12)35(6,7)8)26(2)18-14-15-19-27-20-16-22-29(32(27)33(37)39-28)40-42(9,10)34(3,4)5;1-8-19-33-26(31)18-12-16-23-20-24(30)21(2)13-9-10-14-22-15-11-17-25(27(22)28(32)34-23)35-36(6,7)29(3,4)5/h13-17,20,22-23,26,28,30H,1,18-19,21,24-25H2,2-12H3;8-12,15,17-18,21,23-24,30H,1,13-14,16,19-20H2,2-7H3/b15-14+,23-17+;10-9+,18-12+/t26-,28?,30+;21-,23?,24+/m00/s1. The van der Waals surface area contributed by atoms with Gasteiger partial charge in [0.2, 0.25) is 0 Å². The topological polar surface area (TPSA) is 153 Å². The molecule has 0 radical (unpaired) electrons. The molecule has 79 heavy (non-hydrogen) atoms. The van der Waals surface area contributed by atoms with Gasteiger partial charge in [0.05, 0.1) is 12.2 Å². The van der Waals surface area contributed by atoms with E-state index in [2.05, 4.69) is 140 Å². The number of rotatable bonds is 16. The summed E-state index contributed by atoms with van der Waals surface area (Å²) in [5, 5.41) is 10.7. The van der Waals surface area contributed by atoms with E-state index in [1.165, 1.54) is 24.3 Å². The summed E-state index contributed by atoms with van der Waals surface area (Å²) in [6.07, 6.45) is 19.7. The average Bonchev–Trinajstić information content (AvgIpc) is 3.35. The number of aliphatic hydroxyl groups is 1. The van der Waals surface area contributed by atoms with Crippen molar-refractivity contribution < 1.29 is 56.5 Å². The molecule has 0 saturated carbocycles. The van der Waals surface area contributed by atoms with Crippen LogP contribution in [0.25, 0.3) is 0 Å². The molecular weight excluding hydrogens is 1040 g/mol. The van der Waals surface area contributed by atoms with Crippen molar-refractivity contribution >= 4 is 48.8 Å². The molecule has 1 N–H and O–H groups in total. The Bertz CT molecular complexity index is 2480. The van der Waals surface area contributed by atoms with Crippen LogP contribution in [0.15, 0.2) is 110 Å². The predicted octanol–water partition coefficient (Wildman–Crippen LogP) is 15.4. The zero-order valence-electron chi connectivity index (χ0n) is 51.1. The van der Waals surface area contributed by atoms with Crippen molar-refractivity contribution in [3.8, 4) is 11.5 Å². The van der Waals surface area contributed by atoms with Gasteiger partial charge in [0.1, 0.15) is 48.0 Å². The van der Waals surface area contributed by atoms with Crippen LogP contribution in [-0.4, -0.2) is 91.6 Å². The lowest BCUT2D eigenvalue weighted by molar-refractivity contribution is -0.137. The van der Waals surface area contributed by atoms with Gasteiger partial charge in [-0.15, -0.1) is 0 Å². The lowest BCUT2D eigenvalue weighted by Crippen LogP contribution is -2.46. The van der Waals surface area contributed by atoms with E-state index in [1.54, 1.807) is 12.2 Å². The second-order valence-corrected chi connectivity index (χ2v) is 39.9. The molecule has 0 saturated heterocycles. The molecule has 2 aliphatic rings. The second kappa shape index (κ2) is 30.1. The molecule has 2 aliphatic heterocycles. The Morgan fingerprint density at radius 1 is 0.608 bits per heavy atom. The minimum absolute atomic E-state index is 0.00358. The Hall–Kier alpha value is -5.07. The first-order chi connectivity index (χ1) is 36.6. The Morgan fingerprint density at radius 2 is 1.00 bits per heavy atom. The fourth-order valence-electron chi connectivity index (χ4n) is 7.86. The molecule has 438 valence electrons. The average molecular weight is 1140 g/mol. The Kier molecular flexibility index (Phi) is 26.0. The highest BCUT2D eigenvalue weighted by atomic mass is 28.4. The maximum absolute atomic E-state index is 14.1. The van der Waals surface area contributed by atoms with Crippen LogP contribution in [-0.2, 0) is 45.8 Å². The molecule has 0 bridgehead atoms. The zero-order chi connectivity index (χ0) is 59.6. The molecule has 2 aromatic carbocycles. The number of allylic oxidation sites excluding steroid dienone is 4. The highest BCUT2D eigenvalue weighted by molar-refractivity contribution is 6.75. The summed E-state index contributed by atoms with van der Waals surface area (Å²) < 4.78 is 42.6. The minimum atomic E-state index is -2.24. The number of benzene rings is 2. The molecule has 2 unspecified atom stereocenters. The summed E-state index contributed by atoms with van der Waals surface area (Å²) in [4.78, 5) is 51.7. The third kappa shape index (κ3) is 21.4. The van der Waals surface area contributed by atoms with Crippen LogP contribution < -0.4 is 8.85 Å². The Labute approximate surface area is 478 Å². The quantitative estimate of drug-likeness (QED) is 0.0560. The highest BCUT2D eigenvalue weighted by Gasteiger charge is 2.43. The van der Waals surface area contributed by atoms with Gasteiger partial charge in [0, 0.05) is 37.8 Å². The first-order valence-electron chi connectivity index (χ1n) is 28.2. The largest absolute Gasteiger partial charge is 0.543 e. The third-order valence-electron chi connectivity index (χ3n) is 16.1. The van der Waals surface area contributed by atoms with E-state index in [4.69, 9.17) is 32.2 Å². The number of carbonyl (C=O) groups is 4. The molecule has 4 rings (SSSR count). The zero-order valence-corrected chi connectivity index (χ0v) is 54.1.